The monoisotopic (exact) mass is 375 g/mol. The number of nitrogens with one attached hydrogen (secondary N) is 1. The molecule has 0 atom stereocenters. The van der Waals surface area contributed by atoms with Gasteiger partial charge in [-0.15, -0.1) is 5.10 Å². The number of fused-ring (bicyclic) bond motifs is 1. The van der Waals surface area contributed by atoms with Crippen molar-refractivity contribution in [3.05, 3.63) is 36.0 Å². The van der Waals surface area contributed by atoms with Crippen LogP contribution in [0.15, 0.2) is 35.4 Å². The Labute approximate surface area is 152 Å². The second-order valence-electron chi connectivity index (χ2n) is 6.11. The first-order valence-corrected chi connectivity index (χ1v) is 9.53. The summed E-state index contributed by atoms with van der Waals surface area (Å²) in [6, 6.07) is 6.68. The first-order valence-electron chi connectivity index (χ1n) is 8.05. The Morgan fingerprint density at radius 1 is 1.27 bits per heavy atom. The molecular formula is C17H21N5O3S. The summed E-state index contributed by atoms with van der Waals surface area (Å²) >= 11 is 0. The lowest BCUT2D eigenvalue weighted by Gasteiger charge is -2.11. The minimum absolute atomic E-state index is 0.0544. The molecule has 0 radical (unpaired) electrons. The van der Waals surface area contributed by atoms with E-state index in [1.54, 1.807) is 28.9 Å². The van der Waals surface area contributed by atoms with E-state index in [0.29, 0.717) is 22.7 Å². The number of aromatic nitrogens is 3. The minimum Gasteiger partial charge on any atom is -0.495 e. The summed E-state index contributed by atoms with van der Waals surface area (Å²) in [6.45, 7) is 4.04. The number of nitrogens with two attached hydrogens (primary N) is 1. The molecule has 0 aliphatic carbocycles. The van der Waals surface area contributed by atoms with Gasteiger partial charge in [0.05, 0.1) is 12.8 Å². The van der Waals surface area contributed by atoms with E-state index in [2.05, 4.69) is 14.8 Å². The molecule has 3 rings (SSSR count). The predicted octanol–water partition coefficient (Wildman–Crippen LogP) is 2.02. The van der Waals surface area contributed by atoms with Crippen LogP contribution in [0, 0.1) is 0 Å². The van der Waals surface area contributed by atoms with E-state index in [4.69, 9.17) is 10.5 Å². The molecule has 3 N–H and O–H groups in total. The van der Waals surface area contributed by atoms with Crippen molar-refractivity contribution in [2.24, 2.45) is 0 Å². The highest BCUT2D eigenvalue weighted by molar-refractivity contribution is 7.89. The van der Waals surface area contributed by atoms with Crippen molar-refractivity contribution in [3.63, 3.8) is 0 Å². The highest BCUT2D eigenvalue weighted by atomic mass is 32.2. The van der Waals surface area contributed by atoms with Gasteiger partial charge in [0.2, 0.25) is 10.0 Å². The zero-order valence-electron chi connectivity index (χ0n) is 15.0. The van der Waals surface area contributed by atoms with Crippen molar-refractivity contribution >= 4 is 21.5 Å². The predicted molar refractivity (Wildman–Crippen MR) is 99.7 cm³/mol. The molecular weight excluding hydrogens is 354 g/mol. The van der Waals surface area contributed by atoms with E-state index < -0.39 is 10.0 Å². The highest BCUT2D eigenvalue weighted by Crippen LogP contribution is 2.31. The van der Waals surface area contributed by atoms with Gasteiger partial charge in [-0.3, -0.25) is 0 Å². The Kier molecular flexibility index (Phi) is 4.59. The lowest BCUT2D eigenvalue weighted by atomic mass is 10.1. The smallest absolute Gasteiger partial charge is 0.244 e. The summed E-state index contributed by atoms with van der Waals surface area (Å²) in [5.41, 5.74) is 8.79. The Morgan fingerprint density at radius 3 is 2.62 bits per heavy atom. The van der Waals surface area contributed by atoms with Gasteiger partial charge < -0.3 is 10.5 Å². The third kappa shape index (κ3) is 2.99. The topological polar surface area (TPSA) is 112 Å². The molecule has 0 aliphatic rings. The molecule has 0 bridgehead atoms. The lowest BCUT2D eigenvalue weighted by Crippen LogP contribution is -2.19. The standard InChI is InChI=1S/C17H21N5O3S/c1-10(2)15-16(18)21-22-8-7-12(20-17(15)22)11-5-6-13(25-4)14(9-11)26(23,24)19-3/h5-10,19H,1-4H3,(H2,18,21). The molecule has 0 saturated carbocycles. The SMILES string of the molecule is CNS(=O)(=O)c1cc(-c2ccn3nc(N)c(C(C)C)c3n2)ccc1OC. The number of methoxy groups -OCH3 is 1. The maximum atomic E-state index is 12.3. The first-order chi connectivity index (χ1) is 12.3. The molecule has 1 aromatic carbocycles. The number of benzene rings is 1. The number of ether oxygens (including phenoxy) is 1. The van der Waals surface area contributed by atoms with Crippen LogP contribution < -0.4 is 15.2 Å². The van der Waals surface area contributed by atoms with Gasteiger partial charge in [-0.1, -0.05) is 13.8 Å². The fourth-order valence-electron chi connectivity index (χ4n) is 2.83. The van der Waals surface area contributed by atoms with Crippen molar-refractivity contribution in [1.29, 1.82) is 0 Å². The summed E-state index contributed by atoms with van der Waals surface area (Å²) in [7, 11) is -0.886. The maximum absolute atomic E-state index is 12.3. The Hall–Kier alpha value is -2.65. The molecule has 0 amide bonds. The molecule has 26 heavy (non-hydrogen) atoms. The van der Waals surface area contributed by atoms with Gasteiger partial charge in [0.25, 0.3) is 0 Å². The molecule has 0 saturated heterocycles. The van der Waals surface area contributed by atoms with Crippen LogP contribution in [-0.2, 0) is 10.0 Å². The molecule has 0 unspecified atom stereocenters. The number of hydrogen-bond acceptors (Lipinski definition) is 6. The van der Waals surface area contributed by atoms with E-state index in [-0.39, 0.29) is 16.6 Å². The van der Waals surface area contributed by atoms with Crippen LogP contribution in [0.5, 0.6) is 5.75 Å². The molecule has 0 spiro atoms. The third-order valence-corrected chi connectivity index (χ3v) is 5.58. The second-order valence-corrected chi connectivity index (χ2v) is 7.96. The van der Waals surface area contributed by atoms with Crippen molar-refractivity contribution in [1.82, 2.24) is 19.3 Å². The lowest BCUT2D eigenvalue weighted by molar-refractivity contribution is 0.402. The number of rotatable bonds is 5. The van der Waals surface area contributed by atoms with Gasteiger partial charge in [0.15, 0.2) is 11.5 Å². The molecule has 8 nitrogen and oxygen atoms in total. The fraction of sp³-hybridized carbons (Fsp3) is 0.294. The first kappa shape index (κ1) is 18.2. The van der Waals surface area contributed by atoms with Crippen LogP contribution in [0.1, 0.15) is 25.3 Å². The summed E-state index contributed by atoms with van der Waals surface area (Å²) in [5, 5.41) is 4.27. The summed E-state index contributed by atoms with van der Waals surface area (Å²) in [6.07, 6.45) is 1.76. The van der Waals surface area contributed by atoms with Crippen molar-refractivity contribution < 1.29 is 13.2 Å². The average Bonchev–Trinajstić information content (AvgIpc) is 2.96. The molecule has 0 fully saturated rings. The molecule has 2 heterocycles. The van der Waals surface area contributed by atoms with E-state index in [1.807, 2.05) is 13.8 Å². The fourth-order valence-corrected chi connectivity index (χ4v) is 3.75. The summed E-state index contributed by atoms with van der Waals surface area (Å²) in [5.74, 6) is 0.866. The number of anilines is 1. The Bertz CT molecular complexity index is 1070. The van der Waals surface area contributed by atoms with Gasteiger partial charge in [0, 0.05) is 17.3 Å². The largest absolute Gasteiger partial charge is 0.495 e. The molecule has 3 aromatic rings. The average molecular weight is 375 g/mol. The van der Waals surface area contributed by atoms with Crippen LogP contribution in [0.3, 0.4) is 0 Å². The van der Waals surface area contributed by atoms with Crippen LogP contribution in [0.4, 0.5) is 5.82 Å². The van der Waals surface area contributed by atoms with Crippen molar-refractivity contribution in [2.45, 2.75) is 24.7 Å². The van der Waals surface area contributed by atoms with Gasteiger partial charge in [-0.25, -0.2) is 22.6 Å². The van der Waals surface area contributed by atoms with E-state index >= 15 is 0 Å². The summed E-state index contributed by atoms with van der Waals surface area (Å²) < 4.78 is 33.7. The molecule has 9 heteroatoms. The van der Waals surface area contributed by atoms with Gasteiger partial charge in [-0.2, -0.15) is 0 Å². The van der Waals surface area contributed by atoms with E-state index in [0.717, 1.165) is 5.56 Å². The molecule has 0 aliphatic heterocycles. The van der Waals surface area contributed by atoms with Gasteiger partial charge in [-0.05, 0) is 37.2 Å². The summed E-state index contributed by atoms with van der Waals surface area (Å²) in [4.78, 5) is 4.71. The quantitative estimate of drug-likeness (QED) is 0.706. The number of nitrogen functional groups attached to an aromatic ring is 1. The van der Waals surface area contributed by atoms with Crippen molar-refractivity contribution in [3.8, 4) is 17.0 Å². The number of nitrogens with zero attached hydrogens (tertiary/aromatic N) is 3. The van der Waals surface area contributed by atoms with Crippen LogP contribution in [0.2, 0.25) is 0 Å². The third-order valence-electron chi connectivity index (χ3n) is 4.14. The van der Waals surface area contributed by atoms with Crippen LogP contribution in [-0.4, -0.2) is 37.2 Å². The Balaban J connectivity index is 2.21. The van der Waals surface area contributed by atoms with Crippen molar-refractivity contribution in [2.75, 3.05) is 19.9 Å². The van der Waals surface area contributed by atoms with Crippen LogP contribution in [0.25, 0.3) is 16.9 Å². The van der Waals surface area contributed by atoms with Crippen LogP contribution >= 0.6 is 0 Å². The zero-order valence-corrected chi connectivity index (χ0v) is 15.8. The van der Waals surface area contributed by atoms with Gasteiger partial charge >= 0.3 is 0 Å². The van der Waals surface area contributed by atoms with Gasteiger partial charge in [0.1, 0.15) is 10.6 Å². The normalized spacial score (nSPS) is 12.0. The molecule has 2 aromatic heterocycles. The number of sulfonamides is 1. The van der Waals surface area contributed by atoms with E-state index in [1.165, 1.54) is 20.2 Å². The van der Waals surface area contributed by atoms with E-state index in [9.17, 15) is 8.42 Å². The Morgan fingerprint density at radius 2 is 2.00 bits per heavy atom. The molecule has 138 valence electrons. The zero-order chi connectivity index (χ0) is 19.1. The number of hydrogen-bond donors (Lipinski definition) is 2. The second kappa shape index (κ2) is 6.58. The maximum Gasteiger partial charge on any atom is 0.244 e. The minimum atomic E-state index is -3.67. The highest BCUT2D eigenvalue weighted by Gasteiger charge is 2.20.